The zero-order chi connectivity index (χ0) is 24.8. The molecule has 0 radical (unpaired) electrons. The van der Waals surface area contributed by atoms with Gasteiger partial charge in [0.1, 0.15) is 12.4 Å². The van der Waals surface area contributed by atoms with Gasteiger partial charge in [0.15, 0.2) is 0 Å². The summed E-state index contributed by atoms with van der Waals surface area (Å²) in [5.41, 5.74) is 1.73. The number of carbonyl (C=O) groups excluding carboxylic acids is 1. The van der Waals surface area contributed by atoms with Crippen LogP contribution in [-0.2, 0) is 21.4 Å². The van der Waals surface area contributed by atoms with Gasteiger partial charge in [0.25, 0.3) is 10.0 Å². The lowest BCUT2D eigenvalue weighted by molar-refractivity contribution is -0.119. The first-order valence-electron chi connectivity index (χ1n) is 10.6. The third-order valence-electron chi connectivity index (χ3n) is 5.28. The summed E-state index contributed by atoms with van der Waals surface area (Å²) in [7, 11) is -4.13. The van der Waals surface area contributed by atoms with E-state index in [4.69, 9.17) is 0 Å². The topological polar surface area (TPSA) is 84.3 Å². The van der Waals surface area contributed by atoms with Gasteiger partial charge in [-0.15, -0.1) is 11.8 Å². The predicted molar refractivity (Wildman–Crippen MR) is 135 cm³/mol. The van der Waals surface area contributed by atoms with Gasteiger partial charge in [0.2, 0.25) is 5.91 Å². The van der Waals surface area contributed by atoms with Crippen molar-refractivity contribution in [3.05, 3.63) is 103 Å². The Bertz CT molecular complexity index is 1410. The van der Waals surface area contributed by atoms with Crippen molar-refractivity contribution in [2.24, 2.45) is 0 Å². The average molecular weight is 511 g/mol. The molecule has 4 rings (SSSR count). The Morgan fingerprint density at radius 3 is 2.54 bits per heavy atom. The van der Waals surface area contributed by atoms with E-state index in [1.165, 1.54) is 42.1 Å². The highest BCUT2D eigenvalue weighted by molar-refractivity contribution is 7.98. The molecule has 10 heteroatoms. The highest BCUT2D eigenvalue weighted by Crippen LogP contribution is 2.26. The van der Waals surface area contributed by atoms with E-state index in [-0.39, 0.29) is 17.1 Å². The van der Waals surface area contributed by atoms with Gasteiger partial charge in [0, 0.05) is 23.8 Å². The SMILES string of the molecule is CSc1ccc(S(=O)(=O)N(CC(=O)NCc2ccccc2-n2ccnc2)c2cccc(F)c2)cc1. The number of anilines is 1. The minimum atomic E-state index is -4.13. The maximum Gasteiger partial charge on any atom is 0.264 e. The summed E-state index contributed by atoms with van der Waals surface area (Å²) >= 11 is 1.48. The van der Waals surface area contributed by atoms with Crippen LogP contribution in [-0.4, -0.2) is 36.7 Å². The molecule has 1 N–H and O–H groups in total. The van der Waals surface area contributed by atoms with Crippen molar-refractivity contribution in [1.29, 1.82) is 0 Å². The Hall–Kier alpha value is -3.63. The number of carbonyl (C=O) groups is 1. The van der Waals surface area contributed by atoms with Crippen molar-refractivity contribution < 1.29 is 17.6 Å². The second kappa shape index (κ2) is 10.7. The summed E-state index contributed by atoms with van der Waals surface area (Å²) in [6, 6.07) is 19.0. The highest BCUT2D eigenvalue weighted by Gasteiger charge is 2.27. The molecule has 7 nitrogen and oxygen atoms in total. The van der Waals surface area contributed by atoms with E-state index in [0.717, 1.165) is 26.5 Å². The fourth-order valence-corrected chi connectivity index (χ4v) is 5.34. The number of hydrogen-bond acceptors (Lipinski definition) is 5. The first-order chi connectivity index (χ1) is 16.9. The number of aromatic nitrogens is 2. The quantitative estimate of drug-likeness (QED) is 0.341. The number of nitrogens with one attached hydrogen (secondary N) is 1. The van der Waals surface area contributed by atoms with Crippen molar-refractivity contribution in [2.45, 2.75) is 16.3 Å². The molecule has 0 aliphatic carbocycles. The van der Waals surface area contributed by atoms with Gasteiger partial charge in [-0.25, -0.2) is 17.8 Å². The van der Waals surface area contributed by atoms with Crippen molar-refractivity contribution >= 4 is 33.4 Å². The zero-order valence-corrected chi connectivity index (χ0v) is 20.5. The zero-order valence-electron chi connectivity index (χ0n) is 18.8. The van der Waals surface area contributed by atoms with Crippen molar-refractivity contribution in [2.75, 3.05) is 17.1 Å². The normalized spacial score (nSPS) is 11.3. The van der Waals surface area contributed by atoms with E-state index in [2.05, 4.69) is 10.3 Å². The third-order valence-corrected chi connectivity index (χ3v) is 7.81. The highest BCUT2D eigenvalue weighted by atomic mass is 32.2. The van der Waals surface area contributed by atoms with E-state index in [0.29, 0.717) is 0 Å². The molecule has 35 heavy (non-hydrogen) atoms. The summed E-state index contributed by atoms with van der Waals surface area (Å²) < 4.78 is 43.6. The number of benzene rings is 3. The van der Waals surface area contributed by atoms with Crippen LogP contribution < -0.4 is 9.62 Å². The molecule has 180 valence electrons. The molecule has 1 amide bonds. The number of halogens is 1. The number of thioether (sulfide) groups is 1. The molecule has 1 heterocycles. The molecule has 0 aliphatic heterocycles. The van der Waals surface area contributed by atoms with Crippen LogP contribution in [0.4, 0.5) is 10.1 Å². The first kappa shape index (κ1) is 24.5. The monoisotopic (exact) mass is 510 g/mol. The maximum atomic E-state index is 14.0. The van der Waals surface area contributed by atoms with Gasteiger partial charge < -0.3 is 9.88 Å². The van der Waals surface area contributed by atoms with Crippen molar-refractivity contribution in [3.63, 3.8) is 0 Å². The van der Waals surface area contributed by atoms with Crippen LogP contribution >= 0.6 is 11.8 Å². The molecular formula is C25H23FN4O3S2. The number of rotatable bonds is 9. The van der Waals surface area contributed by atoms with Crippen LogP contribution in [0.2, 0.25) is 0 Å². The average Bonchev–Trinajstić information content (AvgIpc) is 3.41. The Kier molecular flexibility index (Phi) is 7.52. The van der Waals surface area contributed by atoms with Gasteiger partial charge in [0.05, 0.1) is 22.6 Å². The Balaban J connectivity index is 1.58. The lowest BCUT2D eigenvalue weighted by atomic mass is 10.1. The first-order valence-corrected chi connectivity index (χ1v) is 13.3. The lowest BCUT2D eigenvalue weighted by Gasteiger charge is -2.24. The van der Waals surface area contributed by atoms with Crippen LogP contribution in [0.3, 0.4) is 0 Å². The summed E-state index contributed by atoms with van der Waals surface area (Å²) in [4.78, 5) is 17.9. The van der Waals surface area contributed by atoms with Gasteiger partial charge >= 0.3 is 0 Å². The van der Waals surface area contributed by atoms with Crippen LogP contribution in [0.15, 0.2) is 101 Å². The largest absolute Gasteiger partial charge is 0.350 e. The molecule has 0 aliphatic rings. The number of sulfonamides is 1. The number of imidazole rings is 1. The van der Waals surface area contributed by atoms with E-state index < -0.39 is 28.3 Å². The molecule has 0 unspecified atom stereocenters. The molecule has 0 saturated carbocycles. The van der Waals surface area contributed by atoms with E-state index in [1.807, 2.05) is 35.1 Å². The van der Waals surface area contributed by atoms with Crippen LogP contribution in [0, 0.1) is 5.82 Å². The third kappa shape index (κ3) is 5.72. The second-order valence-electron chi connectivity index (χ2n) is 7.54. The van der Waals surface area contributed by atoms with E-state index >= 15 is 0 Å². The molecule has 3 aromatic carbocycles. The van der Waals surface area contributed by atoms with Gasteiger partial charge in [-0.3, -0.25) is 9.10 Å². The molecule has 1 aromatic heterocycles. The van der Waals surface area contributed by atoms with Crippen LogP contribution in [0.1, 0.15) is 5.56 Å². The second-order valence-corrected chi connectivity index (χ2v) is 10.3. The Morgan fingerprint density at radius 1 is 1.09 bits per heavy atom. The standard InChI is InChI=1S/C25H23FN4O3S2/c1-34-22-9-11-23(12-10-22)35(32,33)30(21-7-4-6-20(26)15-21)17-25(31)28-16-19-5-2-3-8-24(19)29-14-13-27-18-29/h2-15,18H,16-17H2,1H3,(H,28,31). The fourth-order valence-electron chi connectivity index (χ4n) is 3.52. The lowest BCUT2D eigenvalue weighted by Crippen LogP contribution is -2.40. The molecule has 0 atom stereocenters. The maximum absolute atomic E-state index is 14.0. The minimum Gasteiger partial charge on any atom is -0.350 e. The number of para-hydroxylation sites is 1. The molecule has 0 spiro atoms. The fraction of sp³-hybridized carbons (Fsp3) is 0.120. The molecule has 0 fully saturated rings. The molecular weight excluding hydrogens is 487 g/mol. The Morgan fingerprint density at radius 2 is 1.86 bits per heavy atom. The minimum absolute atomic E-state index is 0.0119. The summed E-state index contributed by atoms with van der Waals surface area (Å²) in [5, 5.41) is 2.78. The number of hydrogen-bond donors (Lipinski definition) is 1. The van der Waals surface area contributed by atoms with Crippen molar-refractivity contribution in [3.8, 4) is 5.69 Å². The smallest absolute Gasteiger partial charge is 0.264 e. The summed E-state index contributed by atoms with van der Waals surface area (Å²) in [6.45, 7) is -0.337. The Labute approximate surface area is 207 Å². The van der Waals surface area contributed by atoms with Crippen LogP contribution in [0.5, 0.6) is 0 Å². The van der Waals surface area contributed by atoms with E-state index in [9.17, 15) is 17.6 Å². The predicted octanol–water partition coefficient (Wildman–Crippen LogP) is 4.25. The number of amides is 1. The summed E-state index contributed by atoms with van der Waals surface area (Å²) in [5.74, 6) is -1.13. The van der Waals surface area contributed by atoms with Crippen LogP contribution in [0.25, 0.3) is 5.69 Å². The van der Waals surface area contributed by atoms with Crippen molar-refractivity contribution in [1.82, 2.24) is 14.9 Å². The van der Waals surface area contributed by atoms with Gasteiger partial charge in [-0.1, -0.05) is 24.3 Å². The van der Waals surface area contributed by atoms with E-state index in [1.54, 1.807) is 30.9 Å². The molecule has 0 bridgehead atoms. The van der Waals surface area contributed by atoms with Gasteiger partial charge in [-0.05, 0) is 60.4 Å². The molecule has 4 aromatic rings. The molecule has 0 saturated heterocycles. The number of nitrogens with zero attached hydrogens (tertiary/aromatic N) is 3. The van der Waals surface area contributed by atoms with Gasteiger partial charge in [-0.2, -0.15) is 0 Å². The summed E-state index contributed by atoms with van der Waals surface area (Å²) in [6.07, 6.45) is 6.99.